The Kier molecular flexibility index (Phi) is 9.00. The summed E-state index contributed by atoms with van der Waals surface area (Å²) in [6.07, 6.45) is 0.424. The Balaban J connectivity index is 1.50. The van der Waals surface area contributed by atoms with Crippen LogP contribution in [0.1, 0.15) is 62.6 Å². The van der Waals surface area contributed by atoms with E-state index in [9.17, 15) is 32.7 Å². The lowest BCUT2D eigenvalue weighted by molar-refractivity contribution is -0.646. The predicted octanol–water partition coefficient (Wildman–Crippen LogP) is 2.72. The average molecular weight is 591 g/mol. The summed E-state index contributed by atoms with van der Waals surface area (Å²) >= 11 is 0. The highest BCUT2D eigenvalue weighted by atomic mass is 32.2. The van der Waals surface area contributed by atoms with Gasteiger partial charge in [0, 0.05) is 41.6 Å². The highest BCUT2D eigenvalue weighted by Crippen LogP contribution is 2.28. The number of sulfonamides is 1. The Morgan fingerprint density at radius 1 is 1.24 bits per heavy atom. The molecule has 4 atom stereocenters. The van der Waals surface area contributed by atoms with Gasteiger partial charge in [0.05, 0.1) is 0 Å². The lowest BCUT2D eigenvalue weighted by Crippen LogP contribution is -2.52. The maximum atomic E-state index is 13.7. The van der Waals surface area contributed by atoms with Gasteiger partial charge in [-0.15, -0.1) is 0 Å². The van der Waals surface area contributed by atoms with Gasteiger partial charge in [0.1, 0.15) is 23.7 Å². The number of hydrogen-bond donors (Lipinski definition) is 3. The predicted molar refractivity (Wildman–Crippen MR) is 147 cm³/mol. The fraction of sp³-hybridized carbons (Fsp3) is 0.464. The molecule has 0 radical (unpaired) electrons. The van der Waals surface area contributed by atoms with E-state index in [2.05, 4.69) is 10.6 Å². The highest BCUT2D eigenvalue weighted by molar-refractivity contribution is 7.89. The fourth-order valence-electron chi connectivity index (χ4n) is 5.23. The Morgan fingerprint density at radius 3 is 2.66 bits per heavy atom. The number of carbonyl (C=O) groups excluding carboxylic acids is 2. The van der Waals surface area contributed by atoms with E-state index in [1.165, 1.54) is 36.4 Å². The van der Waals surface area contributed by atoms with Gasteiger partial charge in [-0.25, -0.2) is 12.8 Å². The molecule has 13 heteroatoms. The molecule has 3 heterocycles. The molecule has 222 valence electrons. The number of aromatic nitrogens is 1. The van der Waals surface area contributed by atoms with Crippen molar-refractivity contribution < 1.29 is 36.7 Å². The molecule has 0 saturated carbocycles. The molecule has 3 aromatic rings. The summed E-state index contributed by atoms with van der Waals surface area (Å²) in [4.78, 5) is 26.6. The number of aryl methyl sites for hydroxylation is 1. The Labute approximate surface area is 238 Å². The number of pyridine rings is 1. The summed E-state index contributed by atoms with van der Waals surface area (Å²) in [5.41, 5.74) is 0.790. The molecule has 4 rings (SSSR count). The first kappa shape index (κ1) is 30.4. The van der Waals surface area contributed by atoms with E-state index in [1.54, 1.807) is 13.8 Å². The number of nitrogens with zero attached hydrogens (tertiary/aromatic N) is 2. The number of fused-ring (bicyclic) bond motifs is 1. The normalized spacial score (nSPS) is 21.0. The molecule has 1 aromatic carbocycles. The summed E-state index contributed by atoms with van der Waals surface area (Å²) in [6, 6.07) is 5.74. The molecule has 2 amide bonds. The summed E-state index contributed by atoms with van der Waals surface area (Å²) < 4.78 is 47.1. The van der Waals surface area contributed by atoms with Crippen LogP contribution in [0.4, 0.5) is 4.39 Å². The van der Waals surface area contributed by atoms with Gasteiger partial charge >= 0.3 is 15.0 Å². The Hall–Kier alpha value is -3.55. The third kappa shape index (κ3) is 6.52. The van der Waals surface area contributed by atoms with E-state index in [1.807, 2.05) is 13.8 Å². The summed E-state index contributed by atoms with van der Waals surface area (Å²) in [6.45, 7) is 7.06. The molecule has 2 aromatic heterocycles. The Bertz CT molecular complexity index is 1540. The molecule has 1 unspecified atom stereocenters. The van der Waals surface area contributed by atoms with Crippen LogP contribution in [-0.2, 0) is 14.8 Å². The number of amides is 2. The number of furan rings is 1. The molecule has 1 fully saturated rings. The van der Waals surface area contributed by atoms with E-state index in [4.69, 9.17) is 4.42 Å². The third-order valence-electron chi connectivity index (χ3n) is 7.27. The van der Waals surface area contributed by atoms with Crippen molar-refractivity contribution in [2.75, 3.05) is 0 Å². The average Bonchev–Trinajstić information content (AvgIpc) is 3.13. The van der Waals surface area contributed by atoms with Gasteiger partial charge in [-0.1, -0.05) is 13.8 Å². The van der Waals surface area contributed by atoms with Crippen molar-refractivity contribution in [3.63, 3.8) is 0 Å². The van der Waals surface area contributed by atoms with Crippen LogP contribution in [0.2, 0.25) is 0 Å². The van der Waals surface area contributed by atoms with Gasteiger partial charge in [0.2, 0.25) is 5.91 Å². The highest BCUT2D eigenvalue weighted by Gasteiger charge is 2.42. The van der Waals surface area contributed by atoms with E-state index < -0.39 is 57.0 Å². The number of aliphatic hydroxyl groups is 1. The van der Waals surface area contributed by atoms with E-state index in [0.29, 0.717) is 35.8 Å². The van der Waals surface area contributed by atoms with Crippen molar-refractivity contribution in [2.45, 2.75) is 82.8 Å². The molecule has 0 spiro atoms. The zero-order valence-electron chi connectivity index (χ0n) is 23.3. The Morgan fingerprint density at radius 2 is 1.98 bits per heavy atom. The van der Waals surface area contributed by atoms with Crippen LogP contribution < -0.4 is 15.4 Å². The SMILES string of the molecule is Cc1c(C(=O)NC(CC(C)C)C(=O)N[C@H]2CC[C@@H](C)N(S(=O)(=O)c3cccc[n+]3[O-])[C@@H](O)C2)oc2ccc(F)cc12. The number of halogens is 1. The van der Waals surface area contributed by atoms with Crippen LogP contribution in [0.15, 0.2) is 52.0 Å². The molecule has 1 aliphatic heterocycles. The molecule has 1 aliphatic rings. The molecular weight excluding hydrogens is 555 g/mol. The van der Waals surface area contributed by atoms with Crippen LogP contribution in [0.25, 0.3) is 11.0 Å². The van der Waals surface area contributed by atoms with Crippen LogP contribution in [0.5, 0.6) is 0 Å². The largest absolute Gasteiger partial charge is 0.618 e. The first-order chi connectivity index (χ1) is 19.3. The molecule has 0 bridgehead atoms. The van der Waals surface area contributed by atoms with Crippen molar-refractivity contribution in [1.29, 1.82) is 0 Å². The van der Waals surface area contributed by atoms with Crippen molar-refractivity contribution in [3.8, 4) is 0 Å². The monoisotopic (exact) mass is 590 g/mol. The van der Waals surface area contributed by atoms with Gasteiger partial charge in [0.15, 0.2) is 12.0 Å². The number of aliphatic hydroxyl groups excluding tert-OH is 1. The summed E-state index contributed by atoms with van der Waals surface area (Å²) in [5, 5.41) is 28.7. The standard InChI is InChI=1S/C28H35FN4O7S/c1-16(2)13-22(31-28(36)26-18(4)21-14-19(29)9-11-23(21)40-26)27(35)30-20-10-8-17(3)33(24(34)15-20)41(38,39)25-7-5-6-12-32(25)37/h5-7,9,11-12,14,16-17,20,22,24,34H,8,10,13,15H2,1-4H3,(H,30,35)(H,31,36)/t17-,20+,22?,24+/m1/s1. The maximum Gasteiger partial charge on any atom is 0.323 e. The summed E-state index contributed by atoms with van der Waals surface area (Å²) in [7, 11) is -4.33. The van der Waals surface area contributed by atoms with Crippen molar-refractivity contribution in [2.24, 2.45) is 5.92 Å². The maximum absolute atomic E-state index is 13.7. The molecule has 0 aliphatic carbocycles. The zero-order chi connectivity index (χ0) is 30.1. The number of hydrogen-bond acceptors (Lipinski definition) is 7. The van der Waals surface area contributed by atoms with Gasteiger partial charge in [-0.3, -0.25) is 9.59 Å². The third-order valence-corrected chi connectivity index (χ3v) is 9.27. The second-order valence-electron chi connectivity index (χ2n) is 10.9. The van der Waals surface area contributed by atoms with Gasteiger partial charge in [0.25, 0.3) is 5.91 Å². The van der Waals surface area contributed by atoms with Crippen LogP contribution >= 0.6 is 0 Å². The lowest BCUT2D eigenvalue weighted by atomic mass is 10.0. The topological polar surface area (TPSA) is 156 Å². The molecule has 1 saturated heterocycles. The second kappa shape index (κ2) is 12.1. The fourth-order valence-corrected chi connectivity index (χ4v) is 6.97. The minimum Gasteiger partial charge on any atom is -0.618 e. The zero-order valence-corrected chi connectivity index (χ0v) is 24.2. The van der Waals surface area contributed by atoms with E-state index >= 15 is 0 Å². The molecular formula is C28H35FN4O7S. The number of carbonyl (C=O) groups is 2. The number of benzene rings is 1. The first-order valence-corrected chi connectivity index (χ1v) is 14.9. The first-order valence-electron chi connectivity index (χ1n) is 13.5. The lowest BCUT2D eigenvalue weighted by Gasteiger charge is -2.29. The number of rotatable bonds is 8. The quantitative estimate of drug-likeness (QED) is 0.269. The van der Waals surface area contributed by atoms with Crippen LogP contribution in [0.3, 0.4) is 0 Å². The van der Waals surface area contributed by atoms with Crippen molar-refractivity contribution >= 4 is 32.8 Å². The smallest absolute Gasteiger partial charge is 0.323 e. The van der Waals surface area contributed by atoms with Crippen molar-refractivity contribution in [1.82, 2.24) is 14.9 Å². The van der Waals surface area contributed by atoms with E-state index in [0.717, 1.165) is 10.5 Å². The van der Waals surface area contributed by atoms with E-state index in [-0.39, 0.29) is 22.8 Å². The molecule has 11 nitrogen and oxygen atoms in total. The van der Waals surface area contributed by atoms with Gasteiger partial charge in [-0.05, 0) is 63.3 Å². The summed E-state index contributed by atoms with van der Waals surface area (Å²) in [5.74, 6) is -1.58. The van der Waals surface area contributed by atoms with Crippen LogP contribution in [0, 0.1) is 23.9 Å². The molecule has 41 heavy (non-hydrogen) atoms. The second-order valence-corrected chi connectivity index (χ2v) is 12.7. The number of nitrogens with one attached hydrogen (secondary N) is 2. The van der Waals surface area contributed by atoms with Crippen molar-refractivity contribution in [3.05, 3.63) is 64.9 Å². The molecule has 3 N–H and O–H groups in total. The van der Waals surface area contributed by atoms with Crippen LogP contribution in [-0.4, -0.2) is 54.0 Å². The van der Waals surface area contributed by atoms with Gasteiger partial charge < -0.3 is 25.4 Å². The van der Waals surface area contributed by atoms with Gasteiger partial charge in [-0.2, -0.15) is 9.04 Å². The minimum absolute atomic E-state index is 0.0248. The minimum atomic E-state index is -4.33.